The fraction of sp³-hybridized carbons (Fsp3) is 0.375. The summed E-state index contributed by atoms with van der Waals surface area (Å²) in [6.45, 7) is -0.300. The number of hydrogen-bond acceptors (Lipinski definition) is 5. The Morgan fingerprint density at radius 1 is 0.902 bits per heavy atom. The Bertz CT molecular complexity index is 1390. The highest BCUT2D eigenvalue weighted by molar-refractivity contribution is 7.92. The van der Waals surface area contributed by atoms with Gasteiger partial charge in [0.25, 0.3) is 0 Å². The number of nitrogens with one attached hydrogen (secondary N) is 1. The molecule has 0 bridgehead atoms. The number of carbonyl (C=O) groups is 2. The highest BCUT2D eigenvalue weighted by atomic mass is 32.2. The van der Waals surface area contributed by atoms with Crippen molar-refractivity contribution in [3.05, 3.63) is 96.1 Å². The highest BCUT2D eigenvalue weighted by Crippen LogP contribution is 2.25. The molecule has 9 heteroatoms. The van der Waals surface area contributed by atoms with E-state index in [1.807, 2.05) is 60.7 Å². The zero-order valence-corrected chi connectivity index (χ0v) is 24.6. The van der Waals surface area contributed by atoms with Crippen molar-refractivity contribution < 1.29 is 22.7 Å². The minimum absolute atomic E-state index is 0.0625. The van der Waals surface area contributed by atoms with Crippen molar-refractivity contribution in [1.29, 1.82) is 0 Å². The zero-order valence-electron chi connectivity index (χ0n) is 23.7. The molecule has 1 saturated carbocycles. The van der Waals surface area contributed by atoms with Crippen molar-refractivity contribution in [3.8, 4) is 5.75 Å². The van der Waals surface area contributed by atoms with Gasteiger partial charge in [-0.2, -0.15) is 0 Å². The van der Waals surface area contributed by atoms with E-state index in [9.17, 15) is 18.0 Å². The summed E-state index contributed by atoms with van der Waals surface area (Å²) in [5.41, 5.74) is 2.07. The van der Waals surface area contributed by atoms with Gasteiger partial charge in [-0.15, -0.1) is 0 Å². The van der Waals surface area contributed by atoms with Gasteiger partial charge in [0.05, 0.1) is 19.1 Å². The standard InChI is InChI=1S/C32H39N3O5S/c1-40-29-20-12-19-28(22-29)35(41(2,38)39)24-31(36)34(23-26-15-8-4-9-16-26)30(21-25-13-6-3-7-14-25)32(37)33-27-17-10-5-11-18-27/h3-4,6-9,12-16,19-20,22,27,30H,5,10-11,17-18,21,23-24H2,1-2H3,(H,33,37)/t30-/m1/s1. The van der Waals surface area contributed by atoms with Crippen molar-refractivity contribution in [3.63, 3.8) is 0 Å². The van der Waals surface area contributed by atoms with Crippen LogP contribution in [0, 0.1) is 0 Å². The molecule has 3 aromatic carbocycles. The molecule has 1 aliphatic rings. The quantitative estimate of drug-likeness (QED) is 0.341. The molecule has 2 amide bonds. The van der Waals surface area contributed by atoms with Gasteiger partial charge in [0.15, 0.2) is 0 Å². The monoisotopic (exact) mass is 577 g/mol. The van der Waals surface area contributed by atoms with Gasteiger partial charge in [-0.1, -0.05) is 86.0 Å². The van der Waals surface area contributed by atoms with Crippen LogP contribution in [-0.4, -0.2) is 57.1 Å². The Balaban J connectivity index is 1.70. The highest BCUT2D eigenvalue weighted by Gasteiger charge is 2.34. The summed E-state index contributed by atoms with van der Waals surface area (Å²) in [5.74, 6) is -0.224. The molecule has 0 radical (unpaired) electrons. The van der Waals surface area contributed by atoms with E-state index < -0.39 is 28.5 Å². The summed E-state index contributed by atoms with van der Waals surface area (Å²) in [7, 11) is -2.35. The third-order valence-electron chi connectivity index (χ3n) is 7.44. The Labute approximate surface area is 243 Å². The molecule has 0 aromatic heterocycles. The van der Waals surface area contributed by atoms with Gasteiger partial charge in [0.2, 0.25) is 21.8 Å². The van der Waals surface area contributed by atoms with Gasteiger partial charge in [0, 0.05) is 25.1 Å². The summed E-state index contributed by atoms with van der Waals surface area (Å²) >= 11 is 0. The van der Waals surface area contributed by atoms with Crippen LogP contribution < -0.4 is 14.4 Å². The van der Waals surface area contributed by atoms with Crippen LogP contribution in [-0.2, 0) is 32.6 Å². The van der Waals surface area contributed by atoms with Crippen molar-refractivity contribution >= 4 is 27.5 Å². The molecule has 1 atom stereocenters. The summed E-state index contributed by atoms with van der Waals surface area (Å²) in [6, 6.07) is 24.8. The van der Waals surface area contributed by atoms with E-state index in [2.05, 4.69) is 5.32 Å². The van der Waals surface area contributed by atoms with Crippen molar-refractivity contribution in [1.82, 2.24) is 10.2 Å². The second-order valence-electron chi connectivity index (χ2n) is 10.5. The van der Waals surface area contributed by atoms with Gasteiger partial charge in [0.1, 0.15) is 18.3 Å². The molecule has 218 valence electrons. The minimum Gasteiger partial charge on any atom is -0.497 e. The molecule has 1 fully saturated rings. The summed E-state index contributed by atoms with van der Waals surface area (Å²) in [5, 5.41) is 3.21. The lowest BCUT2D eigenvalue weighted by Gasteiger charge is -2.35. The lowest BCUT2D eigenvalue weighted by Crippen LogP contribution is -2.55. The molecular formula is C32H39N3O5S. The second kappa shape index (κ2) is 14.2. The maximum atomic E-state index is 14.2. The first kappa shape index (κ1) is 30.1. The van der Waals surface area contributed by atoms with E-state index in [-0.39, 0.29) is 18.5 Å². The van der Waals surface area contributed by atoms with Gasteiger partial charge < -0.3 is 15.0 Å². The molecule has 0 saturated heterocycles. The Morgan fingerprint density at radius 3 is 2.15 bits per heavy atom. The predicted molar refractivity (Wildman–Crippen MR) is 161 cm³/mol. The van der Waals surface area contributed by atoms with Crippen LogP contribution in [0.25, 0.3) is 0 Å². The maximum Gasteiger partial charge on any atom is 0.244 e. The number of nitrogens with zero attached hydrogens (tertiary/aromatic N) is 2. The Hall–Kier alpha value is -3.85. The molecule has 0 spiro atoms. The van der Waals surface area contributed by atoms with Crippen molar-refractivity contribution in [2.45, 2.75) is 57.2 Å². The number of sulfonamides is 1. The fourth-order valence-electron chi connectivity index (χ4n) is 5.26. The van der Waals surface area contributed by atoms with Crippen LogP contribution in [0.1, 0.15) is 43.2 Å². The molecular weight excluding hydrogens is 538 g/mol. The topological polar surface area (TPSA) is 96.0 Å². The van der Waals surface area contributed by atoms with Crippen molar-refractivity contribution in [2.24, 2.45) is 0 Å². The van der Waals surface area contributed by atoms with Crippen LogP contribution >= 0.6 is 0 Å². The summed E-state index contributed by atoms with van der Waals surface area (Å²) in [6.07, 6.45) is 6.47. The van der Waals surface area contributed by atoms with Gasteiger partial charge >= 0.3 is 0 Å². The zero-order chi connectivity index (χ0) is 29.2. The lowest BCUT2D eigenvalue weighted by atomic mass is 9.94. The Morgan fingerprint density at radius 2 is 1.54 bits per heavy atom. The van der Waals surface area contributed by atoms with Gasteiger partial charge in [-0.05, 0) is 36.1 Å². The van der Waals surface area contributed by atoms with Crippen LogP contribution in [0.3, 0.4) is 0 Å². The van der Waals surface area contributed by atoms with E-state index in [0.717, 1.165) is 53.8 Å². The number of benzene rings is 3. The minimum atomic E-state index is -3.84. The molecule has 8 nitrogen and oxygen atoms in total. The molecule has 1 N–H and O–H groups in total. The van der Waals surface area contributed by atoms with E-state index in [1.54, 1.807) is 24.3 Å². The first-order chi connectivity index (χ1) is 19.7. The first-order valence-corrected chi connectivity index (χ1v) is 15.9. The molecule has 0 unspecified atom stereocenters. The summed E-state index contributed by atoms with van der Waals surface area (Å²) in [4.78, 5) is 29.6. The SMILES string of the molecule is COc1cccc(N(CC(=O)N(Cc2ccccc2)[C@H](Cc2ccccc2)C(=O)NC2CCCCC2)S(C)(=O)=O)c1. The largest absolute Gasteiger partial charge is 0.497 e. The van der Waals surface area contributed by atoms with Crippen LogP contribution in [0.5, 0.6) is 5.75 Å². The molecule has 3 aromatic rings. The van der Waals surface area contributed by atoms with E-state index in [4.69, 9.17) is 4.74 Å². The van der Waals surface area contributed by atoms with Gasteiger partial charge in [-0.3, -0.25) is 13.9 Å². The average molecular weight is 578 g/mol. The lowest BCUT2D eigenvalue weighted by molar-refractivity contribution is -0.140. The molecule has 1 aliphatic carbocycles. The fourth-order valence-corrected chi connectivity index (χ4v) is 6.10. The normalized spacial score (nSPS) is 14.6. The molecule has 0 heterocycles. The van der Waals surface area contributed by atoms with E-state index >= 15 is 0 Å². The molecule has 4 rings (SSSR count). The Kier molecular flexibility index (Phi) is 10.4. The number of amides is 2. The number of methoxy groups -OCH3 is 1. The van der Waals surface area contributed by atoms with Crippen LogP contribution in [0.15, 0.2) is 84.9 Å². The molecule has 41 heavy (non-hydrogen) atoms. The maximum absolute atomic E-state index is 14.2. The number of anilines is 1. The van der Waals surface area contributed by atoms with Crippen LogP contribution in [0.2, 0.25) is 0 Å². The van der Waals surface area contributed by atoms with Gasteiger partial charge in [-0.25, -0.2) is 8.42 Å². The number of carbonyl (C=O) groups excluding carboxylic acids is 2. The first-order valence-electron chi connectivity index (χ1n) is 14.0. The van der Waals surface area contributed by atoms with E-state index in [0.29, 0.717) is 17.9 Å². The van der Waals surface area contributed by atoms with Crippen molar-refractivity contribution in [2.75, 3.05) is 24.2 Å². The molecule has 0 aliphatic heterocycles. The van der Waals surface area contributed by atoms with Crippen LogP contribution in [0.4, 0.5) is 5.69 Å². The third-order valence-corrected chi connectivity index (χ3v) is 8.58. The van der Waals surface area contributed by atoms with E-state index in [1.165, 1.54) is 12.0 Å². The number of hydrogen-bond donors (Lipinski definition) is 1. The third kappa shape index (κ3) is 8.57. The smallest absolute Gasteiger partial charge is 0.244 e. The summed E-state index contributed by atoms with van der Waals surface area (Å²) < 4.78 is 32.2. The average Bonchev–Trinajstić information content (AvgIpc) is 2.98. The second-order valence-corrected chi connectivity index (χ2v) is 12.4. The number of rotatable bonds is 12. The predicted octanol–water partition coefficient (Wildman–Crippen LogP) is 4.55. The number of ether oxygens (including phenoxy) is 1.